The molecule has 7 aromatic carbocycles. The molecule has 0 N–H and O–H groups in total. The van der Waals surface area contributed by atoms with E-state index < -0.39 is 0 Å². The van der Waals surface area contributed by atoms with Crippen molar-refractivity contribution in [3.63, 3.8) is 0 Å². The second-order valence-electron chi connectivity index (χ2n) is 14.3. The number of halogens is 2. The van der Waals surface area contributed by atoms with Crippen LogP contribution in [0, 0.1) is 0 Å². The summed E-state index contributed by atoms with van der Waals surface area (Å²) in [5, 5.41) is 8.18. The molecule has 1 saturated heterocycles. The first kappa shape index (κ1) is 36.2. The quantitative estimate of drug-likeness (QED) is 0.134. The zero-order valence-electron chi connectivity index (χ0n) is 28.8. The van der Waals surface area contributed by atoms with E-state index in [2.05, 4.69) is 144 Å². The topological polar surface area (TPSA) is 4.93 Å². The number of rotatable bonds is 4. The summed E-state index contributed by atoms with van der Waals surface area (Å²) in [6, 6.07) is 54.3. The van der Waals surface area contributed by atoms with E-state index in [4.69, 9.17) is 0 Å². The minimum atomic E-state index is 0. The molecule has 3 aliphatic rings. The first-order valence-electron chi connectivity index (χ1n) is 18.2. The van der Waals surface area contributed by atoms with Crippen molar-refractivity contribution in [3.05, 3.63) is 151 Å². The van der Waals surface area contributed by atoms with Crippen LogP contribution in [0.4, 0.5) is 0 Å². The summed E-state index contributed by atoms with van der Waals surface area (Å²) in [5.41, 5.74) is 9.92. The Labute approximate surface area is 329 Å². The molecule has 1 aromatic heterocycles. The largest absolute Gasteiger partial charge is 0.318 e. The molecular formula is C46H41Cl2NSiZr-2. The Kier molecular flexibility index (Phi) is 11.2. The third-order valence-corrected chi connectivity index (χ3v) is 16.3. The van der Waals surface area contributed by atoms with Crippen molar-refractivity contribution >= 4 is 48.8 Å². The van der Waals surface area contributed by atoms with E-state index in [0.717, 1.165) is 11.8 Å². The number of para-hydroxylation sites is 2. The average molecular weight is 798 g/mol. The van der Waals surface area contributed by atoms with Gasteiger partial charge in [-0.05, 0) is 55.2 Å². The SMILES string of the molecule is [Cl-].[Cl-].[Zr+2]=[Si]1CCCC1.c1cc(-n2c3ccccc3c3ccccc32)c2cc(C3CC3)[cH-]c2c1.c1ccc(-c2cccc3[cH-]c(C4CC4)cc23)cc1. The van der Waals surface area contributed by atoms with Gasteiger partial charge < -0.3 is 29.4 Å². The first-order chi connectivity index (χ1) is 24.2. The molecule has 0 atom stereocenters. The molecule has 2 aliphatic carbocycles. The van der Waals surface area contributed by atoms with Gasteiger partial charge in [0.15, 0.2) is 0 Å². The normalized spacial score (nSPS) is 15.2. The number of fused-ring (bicyclic) bond motifs is 5. The van der Waals surface area contributed by atoms with Crippen molar-refractivity contribution in [2.24, 2.45) is 0 Å². The molecule has 2 heterocycles. The Morgan fingerprint density at radius 2 is 1.04 bits per heavy atom. The maximum Gasteiger partial charge on any atom is 0.0532 e. The second-order valence-corrected chi connectivity index (χ2v) is 21.7. The van der Waals surface area contributed by atoms with Crippen LogP contribution in [0.15, 0.2) is 140 Å². The van der Waals surface area contributed by atoms with Crippen LogP contribution in [0.5, 0.6) is 0 Å². The van der Waals surface area contributed by atoms with Gasteiger partial charge in [0.2, 0.25) is 0 Å². The molecule has 0 amide bonds. The van der Waals surface area contributed by atoms with Gasteiger partial charge in [0, 0.05) is 16.5 Å². The number of benzene rings is 5. The first-order valence-corrected chi connectivity index (χ1v) is 23.8. The number of aromatic nitrogens is 1. The molecule has 11 rings (SSSR count). The maximum absolute atomic E-state index is 2.43. The van der Waals surface area contributed by atoms with Crippen LogP contribution in [-0.4, -0.2) is 10.0 Å². The van der Waals surface area contributed by atoms with Gasteiger partial charge in [0.05, 0.1) is 11.0 Å². The fourth-order valence-corrected chi connectivity index (χ4v) is 12.1. The monoisotopic (exact) mass is 795 g/mol. The van der Waals surface area contributed by atoms with Gasteiger partial charge in [-0.2, -0.15) is 12.1 Å². The maximum atomic E-state index is 2.43. The van der Waals surface area contributed by atoms with Crippen molar-refractivity contribution in [2.45, 2.75) is 62.4 Å². The summed E-state index contributed by atoms with van der Waals surface area (Å²) in [5.74, 6) is 1.62. The van der Waals surface area contributed by atoms with Gasteiger partial charge in [-0.3, -0.25) is 0 Å². The number of hydrogen-bond acceptors (Lipinski definition) is 0. The van der Waals surface area contributed by atoms with E-state index in [1.165, 1.54) is 97.0 Å². The number of nitrogens with zero attached hydrogens (tertiary/aromatic N) is 1. The standard InChI is InChI=1S/C24H18N.C18H15.C4H8Si.2ClH.Zr/c1-3-9-22-19(7-1)20-8-2-4-10-23(20)25(22)24-11-5-6-17-14-18(15-21(17)24)16-12-13-16;1-2-5-14(6-3-1)17-8-4-7-15-11-16(12-18(15)17)13-9-10-13;1-2-4-5-3-1;;;/h1-11,14-16H,12-13H2;1-8,11-13H,9-10H2;1-4H2;2*1H;/q2*-1;;;;+2/p-2. The Bertz CT molecular complexity index is 2380. The van der Waals surface area contributed by atoms with Crippen LogP contribution in [0.3, 0.4) is 0 Å². The molecule has 51 heavy (non-hydrogen) atoms. The fourth-order valence-electron chi connectivity index (χ4n) is 7.85. The van der Waals surface area contributed by atoms with Crippen LogP contribution in [0.2, 0.25) is 12.1 Å². The van der Waals surface area contributed by atoms with Crippen molar-refractivity contribution < 1.29 is 48.1 Å². The summed E-state index contributed by atoms with van der Waals surface area (Å²) < 4.78 is 2.43. The van der Waals surface area contributed by atoms with E-state index >= 15 is 0 Å². The van der Waals surface area contributed by atoms with Crippen molar-refractivity contribution in [3.8, 4) is 16.8 Å². The van der Waals surface area contributed by atoms with Gasteiger partial charge in [-0.25, -0.2) is 0 Å². The van der Waals surface area contributed by atoms with Crippen LogP contribution >= 0.6 is 0 Å². The molecule has 0 bridgehead atoms. The summed E-state index contributed by atoms with van der Waals surface area (Å²) in [4.78, 5) is 0. The van der Waals surface area contributed by atoms with Gasteiger partial charge >= 0.3 is 53.7 Å². The summed E-state index contributed by atoms with van der Waals surface area (Å²) in [6.45, 7) is 0. The molecule has 5 heteroatoms. The summed E-state index contributed by atoms with van der Waals surface area (Å²) in [7, 11) is 0. The van der Waals surface area contributed by atoms with Crippen molar-refractivity contribution in [1.82, 2.24) is 4.57 Å². The molecule has 1 nitrogen and oxygen atoms in total. The molecular weight excluding hydrogens is 757 g/mol. The molecule has 8 aromatic rings. The van der Waals surface area contributed by atoms with Gasteiger partial charge in [-0.1, -0.05) is 84.4 Å². The molecule has 254 valence electrons. The van der Waals surface area contributed by atoms with Crippen LogP contribution in [0.1, 0.15) is 61.5 Å². The van der Waals surface area contributed by atoms with E-state index in [-0.39, 0.29) is 24.8 Å². The Morgan fingerprint density at radius 3 is 1.59 bits per heavy atom. The van der Waals surface area contributed by atoms with Gasteiger partial charge in [0.25, 0.3) is 0 Å². The van der Waals surface area contributed by atoms with E-state index in [1.807, 2.05) is 23.3 Å². The predicted molar refractivity (Wildman–Crippen MR) is 207 cm³/mol. The number of hydrogen-bond donors (Lipinski definition) is 0. The average Bonchev–Trinajstić information content (AvgIpc) is 4.00. The van der Waals surface area contributed by atoms with Crippen molar-refractivity contribution in [2.75, 3.05) is 0 Å². The third kappa shape index (κ3) is 7.51. The predicted octanol–water partition coefficient (Wildman–Crippen LogP) is 6.96. The second kappa shape index (κ2) is 15.8. The van der Waals surface area contributed by atoms with Crippen LogP contribution in [0.25, 0.3) is 60.2 Å². The molecule has 1 aliphatic heterocycles. The van der Waals surface area contributed by atoms with Gasteiger partial charge in [-0.15, -0.1) is 69.1 Å². The Morgan fingerprint density at radius 1 is 0.529 bits per heavy atom. The van der Waals surface area contributed by atoms with Crippen LogP contribution < -0.4 is 24.8 Å². The van der Waals surface area contributed by atoms with Gasteiger partial charge in [0.1, 0.15) is 0 Å². The minimum absolute atomic E-state index is 0. The Hall–Kier alpha value is -3.20. The van der Waals surface area contributed by atoms with E-state index in [9.17, 15) is 0 Å². The molecule has 3 fully saturated rings. The molecule has 0 spiro atoms. The molecule has 0 unspecified atom stereocenters. The van der Waals surface area contributed by atoms with E-state index in [0.29, 0.717) is 5.43 Å². The Balaban J connectivity index is 0.000000137. The van der Waals surface area contributed by atoms with Crippen molar-refractivity contribution in [1.29, 1.82) is 0 Å². The zero-order chi connectivity index (χ0) is 32.7. The summed E-state index contributed by atoms with van der Waals surface area (Å²) in [6.07, 6.45) is 8.55. The molecule has 2 saturated carbocycles. The third-order valence-electron chi connectivity index (χ3n) is 10.7. The smallest absolute Gasteiger partial charge is 0.0532 e. The van der Waals surface area contributed by atoms with E-state index in [1.54, 1.807) is 24.9 Å². The fraction of sp³-hybridized carbons (Fsp3) is 0.217. The minimum Gasteiger partial charge on any atom is -0.318 e. The molecule has 0 radical (unpaired) electrons. The van der Waals surface area contributed by atoms with Crippen LogP contribution in [-0.2, 0) is 23.3 Å². The zero-order valence-corrected chi connectivity index (χ0v) is 33.8. The summed E-state index contributed by atoms with van der Waals surface area (Å²) >= 11 is 1.87.